The average molecular weight is 535 g/mol. The Balaban J connectivity index is 1.82. The van der Waals surface area contributed by atoms with E-state index in [4.69, 9.17) is 4.74 Å². The molecule has 38 heavy (non-hydrogen) atoms. The zero-order valence-electron chi connectivity index (χ0n) is 21.7. The Morgan fingerprint density at radius 2 is 1.74 bits per heavy atom. The minimum atomic E-state index is -3.52. The van der Waals surface area contributed by atoms with Gasteiger partial charge in [-0.25, -0.2) is 13.2 Å². The van der Waals surface area contributed by atoms with Crippen molar-refractivity contribution < 1.29 is 22.7 Å². The number of benzene rings is 3. The lowest BCUT2D eigenvalue weighted by molar-refractivity contribution is -0.110. The molecule has 1 heterocycles. The van der Waals surface area contributed by atoms with Crippen LogP contribution in [0.5, 0.6) is 0 Å². The van der Waals surface area contributed by atoms with Gasteiger partial charge in [-0.2, -0.15) is 0 Å². The van der Waals surface area contributed by atoms with Crippen LogP contribution in [0.4, 0.5) is 17.1 Å². The van der Waals surface area contributed by atoms with Crippen LogP contribution >= 0.6 is 0 Å². The van der Waals surface area contributed by atoms with Crippen molar-refractivity contribution in [1.29, 1.82) is 0 Å². The molecule has 0 spiro atoms. The monoisotopic (exact) mass is 534 g/mol. The number of sulfonamides is 1. The number of anilines is 3. The highest BCUT2D eigenvalue weighted by atomic mass is 32.2. The fraction of sp³-hybridized carbons (Fsp3) is 0.214. The number of hydrogen-bond acceptors (Lipinski definition) is 7. The van der Waals surface area contributed by atoms with E-state index < -0.39 is 16.0 Å². The summed E-state index contributed by atoms with van der Waals surface area (Å²) in [6.07, 6.45) is 1.11. The van der Waals surface area contributed by atoms with E-state index in [0.29, 0.717) is 46.0 Å². The number of nitrogens with zero attached hydrogens (tertiary/aromatic N) is 1. The van der Waals surface area contributed by atoms with Crippen molar-refractivity contribution in [2.24, 2.45) is 0 Å². The Morgan fingerprint density at radius 3 is 2.39 bits per heavy atom. The van der Waals surface area contributed by atoms with Crippen LogP contribution in [0, 0.1) is 0 Å². The standard InChI is InChI=1S/C28H30N4O5S/c1-5-37-28(34)19-12-14-22-24(15-19)30-27(33)25(22)26(18-9-7-6-8-10-18)29-21-13-11-20(17-32(2)3)23(16-21)31-38(4,35)36/h6-16,29,31H,5,17H2,1-4H3,(H,30,33)/b26-25-. The highest BCUT2D eigenvalue weighted by Gasteiger charge is 2.29. The topological polar surface area (TPSA) is 117 Å². The summed E-state index contributed by atoms with van der Waals surface area (Å²) < 4.78 is 31.8. The maximum Gasteiger partial charge on any atom is 0.338 e. The zero-order chi connectivity index (χ0) is 27.4. The summed E-state index contributed by atoms with van der Waals surface area (Å²) in [4.78, 5) is 27.4. The van der Waals surface area contributed by atoms with Crippen molar-refractivity contribution in [3.05, 3.63) is 89.0 Å². The number of carbonyl (C=O) groups excluding carboxylic acids is 2. The van der Waals surface area contributed by atoms with E-state index in [1.165, 1.54) is 0 Å². The first-order valence-corrected chi connectivity index (χ1v) is 13.9. The number of amides is 1. The summed E-state index contributed by atoms with van der Waals surface area (Å²) in [7, 11) is 0.278. The van der Waals surface area contributed by atoms with E-state index in [1.807, 2.05) is 61.5 Å². The van der Waals surface area contributed by atoms with Crippen LogP contribution in [0.2, 0.25) is 0 Å². The molecule has 0 aromatic heterocycles. The molecule has 198 valence electrons. The third-order valence-electron chi connectivity index (χ3n) is 5.75. The lowest BCUT2D eigenvalue weighted by atomic mass is 9.99. The van der Waals surface area contributed by atoms with Crippen LogP contribution in [0.15, 0.2) is 66.7 Å². The van der Waals surface area contributed by atoms with Crippen LogP contribution in [0.1, 0.15) is 34.0 Å². The van der Waals surface area contributed by atoms with E-state index in [1.54, 1.807) is 31.2 Å². The summed E-state index contributed by atoms with van der Waals surface area (Å²) in [5.41, 5.74) is 5.01. The van der Waals surface area contributed by atoms with Gasteiger partial charge >= 0.3 is 5.97 Å². The molecule has 3 N–H and O–H groups in total. The molecule has 1 amide bonds. The first-order chi connectivity index (χ1) is 18.1. The molecule has 0 atom stereocenters. The van der Waals surface area contributed by atoms with Crippen molar-refractivity contribution in [2.75, 3.05) is 42.3 Å². The number of carbonyl (C=O) groups is 2. The molecule has 9 nitrogen and oxygen atoms in total. The minimum Gasteiger partial charge on any atom is -0.462 e. The molecule has 0 aliphatic carbocycles. The summed E-state index contributed by atoms with van der Waals surface area (Å²) in [6.45, 7) is 2.51. The molecule has 0 saturated heterocycles. The quantitative estimate of drug-likeness (QED) is 0.278. The Hall–Kier alpha value is -4.15. The van der Waals surface area contributed by atoms with Crippen LogP contribution in [-0.4, -0.2) is 52.2 Å². The summed E-state index contributed by atoms with van der Waals surface area (Å²) in [6, 6.07) is 19.7. The molecular formula is C28H30N4O5S. The van der Waals surface area contributed by atoms with Crippen LogP contribution in [0.3, 0.4) is 0 Å². The van der Waals surface area contributed by atoms with Crippen molar-refractivity contribution in [3.8, 4) is 0 Å². The van der Waals surface area contributed by atoms with Crippen LogP contribution in [-0.2, 0) is 26.1 Å². The van der Waals surface area contributed by atoms with Crippen molar-refractivity contribution in [2.45, 2.75) is 13.5 Å². The molecule has 0 unspecified atom stereocenters. The second-order valence-electron chi connectivity index (χ2n) is 9.16. The molecule has 10 heteroatoms. The van der Waals surface area contributed by atoms with Gasteiger partial charge in [-0.1, -0.05) is 42.5 Å². The second kappa shape index (κ2) is 11.1. The van der Waals surface area contributed by atoms with Crippen LogP contribution < -0.4 is 15.4 Å². The van der Waals surface area contributed by atoms with Crippen molar-refractivity contribution in [1.82, 2.24) is 4.90 Å². The van der Waals surface area contributed by atoms with Gasteiger partial charge in [-0.3, -0.25) is 9.52 Å². The molecule has 4 rings (SSSR count). The first-order valence-electron chi connectivity index (χ1n) is 12.0. The van der Waals surface area contributed by atoms with Crippen molar-refractivity contribution >= 4 is 50.2 Å². The van der Waals surface area contributed by atoms with Gasteiger partial charge in [-0.15, -0.1) is 0 Å². The van der Waals surface area contributed by atoms with Gasteiger partial charge in [0, 0.05) is 17.8 Å². The molecular weight excluding hydrogens is 504 g/mol. The van der Waals surface area contributed by atoms with Gasteiger partial charge in [0.25, 0.3) is 5.91 Å². The van der Waals surface area contributed by atoms with Gasteiger partial charge in [0.2, 0.25) is 10.0 Å². The number of ether oxygens (including phenoxy) is 1. The second-order valence-corrected chi connectivity index (χ2v) is 10.9. The molecule has 0 bridgehead atoms. The van der Waals surface area contributed by atoms with Gasteiger partial charge in [0.15, 0.2) is 0 Å². The third-order valence-corrected chi connectivity index (χ3v) is 6.34. The van der Waals surface area contributed by atoms with Crippen LogP contribution in [0.25, 0.3) is 11.3 Å². The molecule has 1 aliphatic heterocycles. The molecule has 1 aliphatic rings. The van der Waals surface area contributed by atoms with E-state index in [0.717, 1.165) is 17.4 Å². The molecule has 3 aromatic rings. The number of nitrogens with one attached hydrogen (secondary N) is 3. The number of hydrogen-bond donors (Lipinski definition) is 3. The van der Waals surface area contributed by atoms with E-state index in [9.17, 15) is 18.0 Å². The zero-order valence-corrected chi connectivity index (χ0v) is 22.5. The molecule has 3 aromatic carbocycles. The maximum atomic E-state index is 13.3. The predicted molar refractivity (Wildman–Crippen MR) is 150 cm³/mol. The number of fused-ring (bicyclic) bond motifs is 1. The Morgan fingerprint density at radius 1 is 1.00 bits per heavy atom. The average Bonchev–Trinajstić information content (AvgIpc) is 3.18. The molecule has 0 saturated carbocycles. The predicted octanol–water partition coefficient (Wildman–Crippen LogP) is 4.23. The summed E-state index contributed by atoms with van der Waals surface area (Å²) >= 11 is 0. The SMILES string of the molecule is CCOC(=O)c1ccc2c(c1)NC(=O)/C2=C(\Nc1ccc(CN(C)C)c(NS(C)(=O)=O)c1)c1ccccc1. The number of esters is 1. The minimum absolute atomic E-state index is 0.249. The smallest absolute Gasteiger partial charge is 0.338 e. The largest absolute Gasteiger partial charge is 0.462 e. The lowest BCUT2D eigenvalue weighted by Gasteiger charge is -2.19. The number of rotatable bonds is 9. The normalized spacial score (nSPS) is 14.1. The third kappa shape index (κ3) is 6.21. The Labute approximate surface area is 222 Å². The van der Waals surface area contributed by atoms with Gasteiger partial charge in [0.05, 0.1) is 41.1 Å². The van der Waals surface area contributed by atoms with Gasteiger partial charge in [0.1, 0.15) is 0 Å². The van der Waals surface area contributed by atoms with Gasteiger partial charge < -0.3 is 20.3 Å². The van der Waals surface area contributed by atoms with E-state index >= 15 is 0 Å². The Bertz CT molecular complexity index is 1520. The fourth-order valence-electron chi connectivity index (χ4n) is 4.22. The highest BCUT2D eigenvalue weighted by molar-refractivity contribution is 7.92. The van der Waals surface area contributed by atoms with Gasteiger partial charge in [-0.05, 0) is 56.4 Å². The lowest BCUT2D eigenvalue weighted by Crippen LogP contribution is -2.16. The summed E-state index contributed by atoms with van der Waals surface area (Å²) in [5.74, 6) is -0.793. The molecule has 0 fully saturated rings. The van der Waals surface area contributed by atoms with E-state index in [2.05, 4.69) is 15.4 Å². The summed E-state index contributed by atoms with van der Waals surface area (Å²) in [5, 5.41) is 6.20. The van der Waals surface area contributed by atoms with E-state index in [-0.39, 0.29) is 12.5 Å². The Kier molecular flexibility index (Phi) is 7.84. The first kappa shape index (κ1) is 26.9. The fourth-order valence-corrected chi connectivity index (χ4v) is 4.81. The highest BCUT2D eigenvalue weighted by Crippen LogP contribution is 2.38. The maximum absolute atomic E-state index is 13.3. The molecule has 0 radical (unpaired) electrons. The van der Waals surface area contributed by atoms with Crippen molar-refractivity contribution in [3.63, 3.8) is 0 Å².